The van der Waals surface area contributed by atoms with Gasteiger partial charge in [0.2, 0.25) is 0 Å². The first kappa shape index (κ1) is 22.9. The summed E-state index contributed by atoms with van der Waals surface area (Å²) < 4.78 is 10.8. The molecule has 7 heteroatoms. The average molecular weight is 479 g/mol. The number of anilines is 1. The number of aromatic carboxylic acids is 1. The summed E-state index contributed by atoms with van der Waals surface area (Å²) in [6.45, 7) is 0. The number of carboxylic acids is 1. The van der Waals surface area contributed by atoms with Crippen LogP contribution in [0.5, 0.6) is 11.5 Å². The van der Waals surface area contributed by atoms with Crippen LogP contribution in [0, 0.1) is 0 Å². The van der Waals surface area contributed by atoms with Gasteiger partial charge in [-0.15, -0.1) is 0 Å². The summed E-state index contributed by atoms with van der Waals surface area (Å²) >= 11 is 0. The Labute approximate surface area is 207 Å². The van der Waals surface area contributed by atoms with Crippen LogP contribution in [0.3, 0.4) is 0 Å². The molecule has 0 bridgehead atoms. The van der Waals surface area contributed by atoms with Gasteiger partial charge < -0.3 is 14.6 Å². The van der Waals surface area contributed by atoms with Crippen LogP contribution >= 0.6 is 0 Å². The molecule has 0 fully saturated rings. The molecule has 4 aromatic carbocycles. The molecule has 1 amide bonds. The molecule has 36 heavy (non-hydrogen) atoms. The van der Waals surface area contributed by atoms with Crippen molar-refractivity contribution < 1.29 is 24.2 Å². The number of carboxylic acid groups (broad SMARTS) is 1. The summed E-state index contributed by atoms with van der Waals surface area (Å²) in [4.78, 5) is 24.9. The number of rotatable bonds is 6. The maximum atomic E-state index is 13.6. The number of ether oxygens (including phenoxy) is 2. The molecule has 0 aliphatic carbocycles. The molecule has 0 aromatic heterocycles. The molecule has 1 N–H and O–H groups in total. The lowest BCUT2D eigenvalue weighted by Crippen LogP contribution is -2.21. The maximum Gasteiger partial charge on any atom is 0.335 e. The summed E-state index contributed by atoms with van der Waals surface area (Å²) in [7, 11) is 3.10. The smallest absolute Gasteiger partial charge is 0.335 e. The van der Waals surface area contributed by atoms with E-state index in [0.717, 1.165) is 16.3 Å². The van der Waals surface area contributed by atoms with E-state index in [4.69, 9.17) is 9.47 Å². The van der Waals surface area contributed by atoms with E-state index < -0.39 is 5.97 Å². The number of nitrogens with zero attached hydrogens (tertiary/aromatic N) is 2. The van der Waals surface area contributed by atoms with Gasteiger partial charge in [-0.2, -0.15) is 10.1 Å². The maximum absolute atomic E-state index is 13.6. The van der Waals surface area contributed by atoms with Gasteiger partial charge in [0.15, 0.2) is 11.5 Å². The van der Waals surface area contributed by atoms with Crippen molar-refractivity contribution in [2.75, 3.05) is 19.2 Å². The van der Waals surface area contributed by atoms with Crippen molar-refractivity contribution in [3.05, 3.63) is 107 Å². The number of carbonyl (C=O) groups is 2. The molecule has 0 saturated carbocycles. The van der Waals surface area contributed by atoms with Gasteiger partial charge in [-0.05, 0) is 70.9 Å². The van der Waals surface area contributed by atoms with Crippen LogP contribution in [-0.4, -0.2) is 36.9 Å². The zero-order valence-electron chi connectivity index (χ0n) is 19.6. The first-order valence-electron chi connectivity index (χ1n) is 11.2. The Kier molecular flexibility index (Phi) is 5.96. The minimum atomic E-state index is -1.04. The first-order chi connectivity index (χ1) is 17.5. The first-order valence-corrected chi connectivity index (χ1v) is 11.2. The topological polar surface area (TPSA) is 88.4 Å². The van der Waals surface area contributed by atoms with Crippen molar-refractivity contribution in [1.82, 2.24) is 0 Å². The second kappa shape index (κ2) is 9.38. The molecule has 0 spiro atoms. The zero-order chi connectivity index (χ0) is 25.2. The van der Waals surface area contributed by atoms with Gasteiger partial charge in [0.1, 0.15) is 5.71 Å². The molecular weight excluding hydrogens is 456 g/mol. The van der Waals surface area contributed by atoms with E-state index in [0.29, 0.717) is 34.0 Å². The number of methoxy groups -OCH3 is 2. The van der Waals surface area contributed by atoms with Crippen LogP contribution in [-0.2, 0) is 4.79 Å². The highest BCUT2D eigenvalue weighted by molar-refractivity contribution is 6.37. The second-order valence-electron chi connectivity index (χ2n) is 8.15. The summed E-state index contributed by atoms with van der Waals surface area (Å²) in [5, 5.41) is 17.3. The van der Waals surface area contributed by atoms with Crippen LogP contribution in [0.4, 0.5) is 5.69 Å². The Morgan fingerprint density at radius 1 is 0.861 bits per heavy atom. The molecule has 0 unspecified atom stereocenters. The predicted molar refractivity (Wildman–Crippen MR) is 139 cm³/mol. The highest BCUT2D eigenvalue weighted by atomic mass is 16.5. The van der Waals surface area contributed by atoms with E-state index in [2.05, 4.69) is 5.10 Å². The fourth-order valence-electron chi connectivity index (χ4n) is 4.13. The summed E-state index contributed by atoms with van der Waals surface area (Å²) in [5.41, 5.74) is 2.99. The van der Waals surface area contributed by atoms with Gasteiger partial charge in [-0.3, -0.25) is 4.79 Å². The minimum absolute atomic E-state index is 0.126. The van der Waals surface area contributed by atoms with Crippen LogP contribution in [0.25, 0.3) is 16.8 Å². The van der Waals surface area contributed by atoms with Gasteiger partial charge in [0.25, 0.3) is 5.91 Å². The molecule has 7 nitrogen and oxygen atoms in total. The zero-order valence-corrected chi connectivity index (χ0v) is 19.6. The van der Waals surface area contributed by atoms with Crippen molar-refractivity contribution >= 4 is 40.1 Å². The van der Waals surface area contributed by atoms with Crippen molar-refractivity contribution in [2.45, 2.75) is 0 Å². The van der Waals surface area contributed by atoms with Crippen LogP contribution in [0.2, 0.25) is 0 Å². The molecule has 4 aromatic rings. The van der Waals surface area contributed by atoms with Crippen LogP contribution in [0.15, 0.2) is 95.6 Å². The van der Waals surface area contributed by atoms with Crippen molar-refractivity contribution in [1.29, 1.82) is 0 Å². The minimum Gasteiger partial charge on any atom is -0.493 e. The Bertz CT molecular complexity index is 1550. The monoisotopic (exact) mass is 478 g/mol. The Balaban J connectivity index is 1.63. The van der Waals surface area contributed by atoms with Gasteiger partial charge in [-0.25, -0.2) is 4.79 Å². The van der Waals surface area contributed by atoms with Gasteiger partial charge >= 0.3 is 5.97 Å². The standard InChI is InChI=1S/C29H22N2O5/c1-35-25-14-11-22(17-26(25)36-2)27-24(16-18-7-8-19-5-3-4-6-21(19)15-18)28(32)31(30-27)23-12-9-20(10-13-23)29(33)34/h3-17H,1-2H3,(H,33,34)/b24-16-. The third-order valence-electron chi connectivity index (χ3n) is 5.98. The largest absolute Gasteiger partial charge is 0.493 e. The molecule has 5 rings (SSSR count). The van der Waals surface area contributed by atoms with Gasteiger partial charge in [-0.1, -0.05) is 36.4 Å². The molecule has 0 atom stereocenters. The number of benzene rings is 4. The summed E-state index contributed by atoms with van der Waals surface area (Å²) in [6, 6.07) is 25.4. The van der Waals surface area contributed by atoms with E-state index >= 15 is 0 Å². The summed E-state index contributed by atoms with van der Waals surface area (Å²) in [5.74, 6) is -0.288. The highest BCUT2D eigenvalue weighted by Crippen LogP contribution is 2.33. The number of amides is 1. The lowest BCUT2D eigenvalue weighted by molar-refractivity contribution is -0.114. The fraction of sp³-hybridized carbons (Fsp3) is 0.0690. The van der Waals surface area contributed by atoms with E-state index in [1.165, 1.54) is 17.1 Å². The average Bonchev–Trinajstić information content (AvgIpc) is 3.23. The molecule has 1 heterocycles. The van der Waals surface area contributed by atoms with E-state index in [1.807, 2.05) is 54.6 Å². The van der Waals surface area contributed by atoms with Crippen molar-refractivity contribution in [3.63, 3.8) is 0 Å². The third-order valence-corrected chi connectivity index (χ3v) is 5.98. The van der Waals surface area contributed by atoms with Crippen molar-refractivity contribution in [3.8, 4) is 11.5 Å². The van der Waals surface area contributed by atoms with E-state index in [9.17, 15) is 14.7 Å². The Morgan fingerprint density at radius 3 is 2.28 bits per heavy atom. The molecular formula is C29H22N2O5. The van der Waals surface area contributed by atoms with Crippen molar-refractivity contribution in [2.24, 2.45) is 5.10 Å². The highest BCUT2D eigenvalue weighted by Gasteiger charge is 2.32. The molecule has 1 aliphatic rings. The number of fused-ring (bicyclic) bond motifs is 1. The Hall–Kier alpha value is -4.91. The molecule has 0 radical (unpaired) electrons. The van der Waals surface area contributed by atoms with Gasteiger partial charge in [0, 0.05) is 5.56 Å². The lowest BCUT2D eigenvalue weighted by atomic mass is 9.98. The molecule has 1 aliphatic heterocycles. The predicted octanol–water partition coefficient (Wildman–Crippen LogP) is 5.39. The fourth-order valence-corrected chi connectivity index (χ4v) is 4.13. The number of hydrazone groups is 1. The normalized spacial score (nSPS) is 14.3. The molecule has 178 valence electrons. The number of hydrogen-bond donors (Lipinski definition) is 1. The number of carbonyl (C=O) groups excluding carboxylic acids is 1. The SMILES string of the molecule is COc1ccc(C2=NN(c3ccc(C(=O)O)cc3)C(=O)/C2=C\c2ccc3ccccc3c2)cc1OC. The lowest BCUT2D eigenvalue weighted by Gasteiger charge is -2.11. The quantitative estimate of drug-likeness (QED) is 0.376. The van der Waals surface area contributed by atoms with Gasteiger partial charge in [0.05, 0.1) is 31.0 Å². The number of hydrogen-bond acceptors (Lipinski definition) is 5. The molecule has 0 saturated heterocycles. The summed E-state index contributed by atoms with van der Waals surface area (Å²) in [6.07, 6.45) is 1.82. The second-order valence-corrected chi connectivity index (χ2v) is 8.15. The van der Waals surface area contributed by atoms with Crippen LogP contribution in [0.1, 0.15) is 21.5 Å². The Morgan fingerprint density at radius 2 is 1.58 bits per heavy atom. The third kappa shape index (κ3) is 4.18. The van der Waals surface area contributed by atoms with E-state index in [1.54, 1.807) is 38.5 Å². The van der Waals surface area contributed by atoms with Crippen LogP contribution < -0.4 is 14.5 Å². The van der Waals surface area contributed by atoms with E-state index in [-0.39, 0.29) is 11.5 Å².